The van der Waals surface area contributed by atoms with Gasteiger partial charge in [0.1, 0.15) is 5.75 Å². The molecule has 5 heteroatoms. The molecule has 0 saturated carbocycles. The van der Waals surface area contributed by atoms with Gasteiger partial charge in [-0.3, -0.25) is 4.79 Å². The number of rotatable bonds is 9. The lowest BCUT2D eigenvalue weighted by Crippen LogP contribution is -2.19. The average molecular weight is 500 g/mol. The number of nitrogens with zero attached hydrogens (tertiary/aromatic N) is 2. The van der Waals surface area contributed by atoms with Gasteiger partial charge >= 0.3 is 0 Å². The lowest BCUT2D eigenvalue weighted by atomic mass is 9.98. The van der Waals surface area contributed by atoms with Gasteiger partial charge in [-0.25, -0.2) is 5.43 Å². The Morgan fingerprint density at radius 1 is 0.868 bits per heavy atom. The molecule has 1 aromatic heterocycles. The first-order valence-corrected chi connectivity index (χ1v) is 12.6. The number of amides is 1. The number of aromatic hydroxyl groups is 1. The van der Waals surface area contributed by atoms with E-state index in [4.69, 9.17) is 0 Å². The zero-order valence-electron chi connectivity index (χ0n) is 21.0. The maximum Gasteiger partial charge on any atom is 0.241 e. The predicted molar refractivity (Wildman–Crippen MR) is 155 cm³/mol. The molecule has 2 N–H and O–H groups in total. The molecule has 5 nitrogen and oxygen atoms in total. The van der Waals surface area contributed by atoms with Crippen LogP contribution in [-0.4, -0.2) is 21.8 Å². The monoisotopic (exact) mass is 499 g/mol. The van der Waals surface area contributed by atoms with Gasteiger partial charge in [0.15, 0.2) is 0 Å². The van der Waals surface area contributed by atoms with Crippen LogP contribution in [-0.2, 0) is 17.8 Å². The van der Waals surface area contributed by atoms with Crippen LogP contribution in [0.5, 0.6) is 5.75 Å². The van der Waals surface area contributed by atoms with E-state index in [2.05, 4.69) is 64.1 Å². The molecule has 0 fully saturated rings. The minimum Gasteiger partial charge on any atom is -0.507 e. The first-order valence-electron chi connectivity index (χ1n) is 12.6. The summed E-state index contributed by atoms with van der Waals surface area (Å²) in [7, 11) is 0. The Hall–Kier alpha value is -4.90. The van der Waals surface area contributed by atoms with E-state index < -0.39 is 0 Å². The number of hydrogen-bond donors (Lipinski definition) is 2. The van der Waals surface area contributed by atoms with Gasteiger partial charge in [-0.2, -0.15) is 5.10 Å². The average Bonchev–Trinajstić information content (AvgIpc) is 3.29. The molecule has 0 atom stereocenters. The van der Waals surface area contributed by atoms with Gasteiger partial charge in [0.05, 0.1) is 11.9 Å². The minimum atomic E-state index is -0.207. The topological polar surface area (TPSA) is 66.6 Å². The van der Waals surface area contributed by atoms with Crippen molar-refractivity contribution >= 4 is 23.0 Å². The summed E-state index contributed by atoms with van der Waals surface area (Å²) < 4.78 is 2.22. The van der Waals surface area contributed by atoms with Gasteiger partial charge in [0, 0.05) is 35.0 Å². The second-order valence-electron chi connectivity index (χ2n) is 9.02. The smallest absolute Gasteiger partial charge is 0.241 e. The molecule has 0 bridgehead atoms. The first kappa shape index (κ1) is 24.8. The lowest BCUT2D eigenvalue weighted by molar-refractivity contribution is -0.121. The van der Waals surface area contributed by atoms with Crippen molar-refractivity contribution < 1.29 is 9.90 Å². The van der Waals surface area contributed by atoms with Crippen LogP contribution >= 0.6 is 0 Å². The Balaban J connectivity index is 1.43. The number of nitrogens with one attached hydrogen (secondary N) is 1. The third-order valence-corrected chi connectivity index (χ3v) is 6.55. The number of carbonyl (C=O) groups excluding carboxylic acids is 1. The van der Waals surface area contributed by atoms with Crippen LogP contribution in [0.3, 0.4) is 0 Å². The number of hydrogen-bond acceptors (Lipinski definition) is 3. The largest absolute Gasteiger partial charge is 0.507 e. The maximum atomic E-state index is 12.8. The highest BCUT2D eigenvalue weighted by Crippen LogP contribution is 2.41. The van der Waals surface area contributed by atoms with E-state index in [1.165, 1.54) is 6.21 Å². The molecule has 5 aromatic rings. The molecule has 0 unspecified atom stereocenters. The predicted octanol–water partition coefficient (Wildman–Crippen LogP) is 6.95. The van der Waals surface area contributed by atoms with Crippen molar-refractivity contribution in [2.45, 2.75) is 19.4 Å². The summed E-state index contributed by atoms with van der Waals surface area (Å²) in [5.41, 5.74) is 9.45. The van der Waals surface area contributed by atoms with E-state index in [0.717, 1.165) is 38.9 Å². The number of phenols is 1. The summed E-state index contributed by atoms with van der Waals surface area (Å²) >= 11 is 0. The molecule has 4 aromatic carbocycles. The van der Waals surface area contributed by atoms with Crippen LogP contribution < -0.4 is 5.43 Å². The third-order valence-electron chi connectivity index (χ3n) is 6.55. The van der Waals surface area contributed by atoms with Gasteiger partial charge in [0.25, 0.3) is 0 Å². The van der Waals surface area contributed by atoms with Crippen molar-refractivity contribution in [1.82, 2.24) is 9.99 Å². The summed E-state index contributed by atoms with van der Waals surface area (Å²) in [5.74, 6) is -0.0637. The summed E-state index contributed by atoms with van der Waals surface area (Å²) in [6, 6.07) is 34.4. The lowest BCUT2D eigenvalue weighted by Gasteiger charge is -2.13. The second kappa shape index (κ2) is 11.4. The van der Waals surface area contributed by atoms with Crippen LogP contribution in [0.2, 0.25) is 0 Å². The molecule has 5 rings (SSSR count). The van der Waals surface area contributed by atoms with Crippen molar-refractivity contribution in [3.8, 4) is 28.1 Å². The first-order chi connectivity index (χ1) is 18.7. The standard InChI is InChI=1S/C33H29N3O2/c1-2-12-26-17-11-18-27(33(26)38)23-34-35-30(37)21-22-36-29-20-10-9-19-28(29)31(24-13-5-3-6-14-24)32(36)25-15-7-4-8-16-25/h2-11,13-20,23,38H,1,12,21-22H2,(H,35,37)/b34-23-. The van der Waals surface area contributed by atoms with E-state index in [1.807, 2.05) is 54.6 Å². The summed E-state index contributed by atoms with van der Waals surface area (Å²) in [5, 5.41) is 15.7. The number of phenolic OH excluding ortho intramolecular Hbond substituents is 1. The van der Waals surface area contributed by atoms with Crippen LogP contribution in [0.25, 0.3) is 33.3 Å². The van der Waals surface area contributed by atoms with Gasteiger partial charge < -0.3 is 9.67 Å². The van der Waals surface area contributed by atoms with Gasteiger partial charge in [-0.05, 0) is 35.2 Å². The number of fused-ring (bicyclic) bond motifs is 1. The molecule has 0 saturated heterocycles. The molecule has 0 aliphatic heterocycles. The molecule has 188 valence electrons. The maximum absolute atomic E-state index is 12.8. The molecular weight excluding hydrogens is 470 g/mol. The molecule has 0 radical (unpaired) electrons. The number of aryl methyl sites for hydroxylation is 1. The van der Waals surface area contributed by atoms with E-state index >= 15 is 0 Å². The van der Waals surface area contributed by atoms with Crippen LogP contribution in [0.4, 0.5) is 0 Å². The minimum absolute atomic E-state index is 0.144. The normalized spacial score (nSPS) is 11.2. The number of aromatic nitrogens is 1. The zero-order chi connectivity index (χ0) is 26.3. The quantitative estimate of drug-likeness (QED) is 0.131. The third kappa shape index (κ3) is 5.13. The number of hydrazone groups is 1. The Morgan fingerprint density at radius 3 is 2.29 bits per heavy atom. The molecule has 1 heterocycles. The van der Waals surface area contributed by atoms with E-state index in [1.54, 1.807) is 12.1 Å². The molecular formula is C33H29N3O2. The van der Waals surface area contributed by atoms with Crippen LogP contribution in [0.15, 0.2) is 121 Å². The number of allylic oxidation sites excluding steroid dienone is 1. The molecule has 0 aliphatic carbocycles. The summed E-state index contributed by atoms with van der Waals surface area (Å²) in [6.07, 6.45) is 4.00. The molecule has 38 heavy (non-hydrogen) atoms. The Bertz CT molecular complexity index is 1600. The highest BCUT2D eigenvalue weighted by molar-refractivity contribution is 6.04. The van der Waals surface area contributed by atoms with Gasteiger partial charge in [0.2, 0.25) is 5.91 Å². The van der Waals surface area contributed by atoms with Crippen LogP contribution in [0.1, 0.15) is 17.5 Å². The van der Waals surface area contributed by atoms with Crippen molar-refractivity contribution in [3.05, 3.63) is 127 Å². The van der Waals surface area contributed by atoms with Gasteiger partial charge in [-0.1, -0.05) is 97.1 Å². The second-order valence-corrected chi connectivity index (χ2v) is 9.02. The number of carbonyl (C=O) groups is 1. The Kier molecular flexibility index (Phi) is 7.46. The summed E-state index contributed by atoms with van der Waals surface area (Å²) in [6.45, 7) is 4.20. The molecule has 0 aliphatic rings. The highest BCUT2D eigenvalue weighted by atomic mass is 16.3. The van der Waals surface area contributed by atoms with Crippen molar-refractivity contribution in [1.29, 1.82) is 0 Å². The van der Waals surface area contributed by atoms with Crippen molar-refractivity contribution in [2.24, 2.45) is 5.10 Å². The Labute approximate surface area is 222 Å². The number of para-hydroxylation sites is 2. The zero-order valence-corrected chi connectivity index (χ0v) is 21.0. The molecule has 0 spiro atoms. The number of benzene rings is 4. The van der Waals surface area contributed by atoms with Crippen molar-refractivity contribution in [2.75, 3.05) is 0 Å². The SMILES string of the molecule is C=CCc1cccc(/C=N\NC(=O)CCn2c(-c3ccccc3)c(-c3ccccc3)c3ccccc32)c1O. The fraction of sp³-hybridized carbons (Fsp3) is 0.0909. The van der Waals surface area contributed by atoms with E-state index in [-0.39, 0.29) is 18.1 Å². The Morgan fingerprint density at radius 2 is 1.55 bits per heavy atom. The fourth-order valence-corrected chi connectivity index (χ4v) is 4.81. The fourth-order valence-electron chi connectivity index (χ4n) is 4.81. The summed E-state index contributed by atoms with van der Waals surface area (Å²) in [4.78, 5) is 12.8. The van der Waals surface area contributed by atoms with E-state index in [0.29, 0.717) is 18.5 Å². The van der Waals surface area contributed by atoms with E-state index in [9.17, 15) is 9.90 Å². The highest BCUT2D eigenvalue weighted by Gasteiger charge is 2.20. The van der Waals surface area contributed by atoms with Gasteiger partial charge in [-0.15, -0.1) is 6.58 Å². The molecule has 1 amide bonds. The van der Waals surface area contributed by atoms with Crippen LogP contribution in [0, 0.1) is 0 Å². The van der Waals surface area contributed by atoms with Crippen molar-refractivity contribution in [3.63, 3.8) is 0 Å².